The van der Waals surface area contributed by atoms with Crippen molar-refractivity contribution in [2.24, 2.45) is 5.73 Å². The van der Waals surface area contributed by atoms with Crippen molar-refractivity contribution in [1.29, 1.82) is 0 Å². The first-order valence-electron chi connectivity index (χ1n) is 19.5. The van der Waals surface area contributed by atoms with Crippen LogP contribution in [-0.4, -0.2) is 0 Å². The van der Waals surface area contributed by atoms with Crippen LogP contribution in [0, 0.1) is 0 Å². The first-order chi connectivity index (χ1) is 27.4. The van der Waals surface area contributed by atoms with E-state index in [1.165, 1.54) is 44.2 Å². The van der Waals surface area contributed by atoms with Crippen molar-refractivity contribution in [1.82, 2.24) is 5.32 Å². The minimum atomic E-state index is -0.353. The second kappa shape index (κ2) is 15.0. The Morgan fingerprint density at radius 3 is 1.95 bits per heavy atom. The lowest BCUT2D eigenvalue weighted by atomic mass is 9.81. The number of nitrogens with one attached hydrogen (secondary N) is 2. The Bertz CT molecular complexity index is 2680. The van der Waals surface area contributed by atoms with Crippen molar-refractivity contribution in [2.75, 3.05) is 5.32 Å². The molecular formula is C53H45N3. The summed E-state index contributed by atoms with van der Waals surface area (Å²) in [6.07, 6.45) is 4.08. The van der Waals surface area contributed by atoms with Gasteiger partial charge >= 0.3 is 0 Å². The maximum Gasteiger partial charge on any atom is 0.0817 e. The van der Waals surface area contributed by atoms with Crippen molar-refractivity contribution in [3.63, 3.8) is 0 Å². The van der Waals surface area contributed by atoms with Gasteiger partial charge in [0.15, 0.2) is 0 Å². The molecule has 9 rings (SSSR count). The molecule has 0 bridgehead atoms. The summed E-state index contributed by atoms with van der Waals surface area (Å²) in [7, 11) is 0. The standard InChI is InChI=1S/C53H45N3/c1-53(2)47-25-14-24-45(51(47)46-34-39-17-9-10-18-40(39)35-48(46)53)37-30-27-36(28-31-37)29-32-49(56-52(54)38-15-5-3-6-16-38)42-20-13-19-41(33-42)44-23-11-12-26-50(44)55-43-21-7-4-8-22-43/h3-35,49,52,55-56H,54H2,1-2H3/b32-29+. The fourth-order valence-corrected chi connectivity index (χ4v) is 8.33. The molecule has 0 amide bonds. The molecule has 2 atom stereocenters. The van der Waals surface area contributed by atoms with Crippen LogP contribution in [0.4, 0.5) is 11.4 Å². The molecule has 0 saturated carbocycles. The molecule has 3 nitrogen and oxygen atoms in total. The van der Waals surface area contributed by atoms with Crippen molar-refractivity contribution in [3.05, 3.63) is 222 Å². The van der Waals surface area contributed by atoms with Crippen LogP contribution in [-0.2, 0) is 5.41 Å². The predicted octanol–water partition coefficient (Wildman–Crippen LogP) is 13.2. The first kappa shape index (κ1) is 35.2. The van der Waals surface area contributed by atoms with Crippen LogP contribution >= 0.6 is 0 Å². The lowest BCUT2D eigenvalue weighted by Gasteiger charge is -2.23. The Morgan fingerprint density at radius 2 is 1.16 bits per heavy atom. The highest BCUT2D eigenvalue weighted by atomic mass is 15.0. The van der Waals surface area contributed by atoms with E-state index < -0.39 is 0 Å². The molecule has 0 fully saturated rings. The van der Waals surface area contributed by atoms with E-state index >= 15 is 0 Å². The summed E-state index contributed by atoms with van der Waals surface area (Å²) < 4.78 is 0. The molecule has 272 valence electrons. The molecule has 1 aliphatic carbocycles. The Labute approximate surface area is 330 Å². The van der Waals surface area contributed by atoms with Crippen molar-refractivity contribution in [3.8, 4) is 33.4 Å². The molecular weight excluding hydrogens is 679 g/mol. The van der Waals surface area contributed by atoms with Crippen molar-refractivity contribution in [2.45, 2.75) is 31.5 Å². The summed E-state index contributed by atoms with van der Waals surface area (Å²) in [6, 6.07) is 66.8. The third-order valence-corrected chi connectivity index (χ3v) is 11.3. The van der Waals surface area contributed by atoms with Gasteiger partial charge in [-0.1, -0.05) is 178 Å². The number of hydrogen-bond donors (Lipinski definition) is 3. The Hall–Kier alpha value is -6.52. The quantitative estimate of drug-likeness (QED) is 0.123. The fraction of sp³-hybridized carbons (Fsp3) is 0.0943. The van der Waals surface area contributed by atoms with E-state index in [0.29, 0.717) is 0 Å². The van der Waals surface area contributed by atoms with Gasteiger partial charge in [0.1, 0.15) is 0 Å². The van der Waals surface area contributed by atoms with Crippen LogP contribution in [0.15, 0.2) is 194 Å². The normalized spacial score (nSPS) is 14.0. The molecule has 3 heteroatoms. The van der Waals surface area contributed by atoms with E-state index in [-0.39, 0.29) is 17.6 Å². The Morgan fingerprint density at radius 1 is 0.518 bits per heavy atom. The third kappa shape index (κ3) is 6.84. The number of para-hydroxylation sites is 2. The summed E-state index contributed by atoms with van der Waals surface area (Å²) in [6.45, 7) is 4.71. The summed E-state index contributed by atoms with van der Waals surface area (Å²) in [4.78, 5) is 0. The van der Waals surface area contributed by atoms with Gasteiger partial charge in [-0.2, -0.15) is 0 Å². The smallest absolute Gasteiger partial charge is 0.0817 e. The molecule has 1 aliphatic rings. The average molecular weight is 724 g/mol. The molecule has 4 N–H and O–H groups in total. The number of anilines is 2. The number of fused-ring (bicyclic) bond motifs is 4. The SMILES string of the molecule is CC1(C)c2cc3ccccc3cc2-c2c(-c3ccc(/C=C/C(NC(N)c4ccccc4)c4cccc(-c5ccccc5Nc5ccccc5)c4)cc3)cccc21. The van der Waals surface area contributed by atoms with Gasteiger partial charge in [-0.25, -0.2) is 0 Å². The first-order valence-corrected chi connectivity index (χ1v) is 19.5. The van der Waals surface area contributed by atoms with Gasteiger partial charge in [0.25, 0.3) is 0 Å². The zero-order valence-corrected chi connectivity index (χ0v) is 31.8. The van der Waals surface area contributed by atoms with Gasteiger partial charge in [-0.3, -0.25) is 5.32 Å². The van der Waals surface area contributed by atoms with E-state index in [4.69, 9.17) is 5.73 Å². The monoisotopic (exact) mass is 723 g/mol. The Balaban J connectivity index is 1.04. The van der Waals surface area contributed by atoms with E-state index in [2.05, 4.69) is 188 Å². The lowest BCUT2D eigenvalue weighted by molar-refractivity contribution is 0.509. The zero-order chi connectivity index (χ0) is 38.1. The zero-order valence-electron chi connectivity index (χ0n) is 31.8. The van der Waals surface area contributed by atoms with E-state index in [1.807, 2.05) is 36.4 Å². The molecule has 0 spiro atoms. The predicted molar refractivity (Wildman–Crippen MR) is 237 cm³/mol. The highest BCUT2D eigenvalue weighted by Crippen LogP contribution is 2.53. The van der Waals surface area contributed by atoms with Gasteiger partial charge in [0.05, 0.1) is 12.2 Å². The number of nitrogens with two attached hydrogens (primary N) is 1. The van der Waals surface area contributed by atoms with Crippen LogP contribution in [0.1, 0.15) is 53.9 Å². The second-order valence-electron chi connectivity index (χ2n) is 15.3. The van der Waals surface area contributed by atoms with Crippen LogP contribution < -0.4 is 16.4 Å². The number of rotatable bonds is 10. The molecule has 8 aromatic rings. The van der Waals surface area contributed by atoms with Crippen LogP contribution in [0.25, 0.3) is 50.2 Å². The molecule has 56 heavy (non-hydrogen) atoms. The van der Waals surface area contributed by atoms with Gasteiger partial charge in [-0.05, 0) is 103 Å². The van der Waals surface area contributed by atoms with Gasteiger partial charge < -0.3 is 11.1 Å². The van der Waals surface area contributed by atoms with E-state index in [1.54, 1.807) is 0 Å². The van der Waals surface area contributed by atoms with Crippen LogP contribution in [0.2, 0.25) is 0 Å². The number of hydrogen-bond acceptors (Lipinski definition) is 3. The van der Waals surface area contributed by atoms with E-state index in [9.17, 15) is 0 Å². The molecule has 0 radical (unpaired) electrons. The maximum absolute atomic E-state index is 6.82. The topological polar surface area (TPSA) is 50.1 Å². The fourth-order valence-electron chi connectivity index (χ4n) is 8.33. The molecule has 0 heterocycles. The lowest BCUT2D eigenvalue weighted by Crippen LogP contribution is -2.31. The maximum atomic E-state index is 6.82. The highest BCUT2D eigenvalue weighted by molar-refractivity contribution is 5.98. The summed E-state index contributed by atoms with van der Waals surface area (Å²) in [5.74, 6) is 0. The van der Waals surface area contributed by atoms with Gasteiger partial charge in [-0.15, -0.1) is 0 Å². The molecule has 0 aliphatic heterocycles. The summed E-state index contributed by atoms with van der Waals surface area (Å²) >= 11 is 0. The van der Waals surface area contributed by atoms with Gasteiger partial charge in [0.2, 0.25) is 0 Å². The molecule has 2 unspecified atom stereocenters. The van der Waals surface area contributed by atoms with Crippen LogP contribution in [0.3, 0.4) is 0 Å². The molecule has 8 aromatic carbocycles. The van der Waals surface area contributed by atoms with Crippen LogP contribution in [0.5, 0.6) is 0 Å². The minimum Gasteiger partial charge on any atom is -0.355 e. The summed E-state index contributed by atoms with van der Waals surface area (Å²) in [5, 5.41) is 9.91. The largest absolute Gasteiger partial charge is 0.355 e. The minimum absolute atomic E-state index is 0.0756. The van der Waals surface area contributed by atoms with Crippen molar-refractivity contribution < 1.29 is 0 Å². The molecule has 0 saturated heterocycles. The average Bonchev–Trinajstić information content (AvgIpc) is 3.47. The van der Waals surface area contributed by atoms with Gasteiger partial charge in [0, 0.05) is 22.4 Å². The number of benzene rings is 8. The Kier molecular flexibility index (Phi) is 9.40. The third-order valence-electron chi connectivity index (χ3n) is 11.3. The molecule has 0 aromatic heterocycles. The summed E-state index contributed by atoms with van der Waals surface area (Å²) in [5.41, 5.74) is 22.4. The highest BCUT2D eigenvalue weighted by Gasteiger charge is 2.37. The van der Waals surface area contributed by atoms with Crippen molar-refractivity contribution >= 4 is 28.2 Å². The second-order valence-corrected chi connectivity index (χ2v) is 15.3. The van der Waals surface area contributed by atoms with E-state index in [0.717, 1.165) is 39.2 Å².